The van der Waals surface area contributed by atoms with Crippen LogP contribution in [0.5, 0.6) is 0 Å². The lowest BCUT2D eigenvalue weighted by molar-refractivity contribution is 0.0452. The van der Waals surface area contributed by atoms with E-state index in [0.717, 1.165) is 11.3 Å². The van der Waals surface area contributed by atoms with Crippen LogP contribution in [0.4, 0.5) is 5.00 Å². The molecule has 0 saturated heterocycles. The topological polar surface area (TPSA) is 137 Å². The zero-order valence-corrected chi connectivity index (χ0v) is 19.2. The minimum atomic E-state index is -0.907. The summed E-state index contributed by atoms with van der Waals surface area (Å²) < 4.78 is 10.3. The molecule has 1 heterocycles. The van der Waals surface area contributed by atoms with Crippen molar-refractivity contribution in [2.75, 3.05) is 12.3 Å². The van der Waals surface area contributed by atoms with Gasteiger partial charge in [-0.3, -0.25) is 9.59 Å². The number of hydrogen-bond acceptors (Lipinski definition) is 9. The molecule has 0 spiro atoms. The highest BCUT2D eigenvalue weighted by atomic mass is 35.5. The second-order valence-electron chi connectivity index (χ2n) is 7.11. The zero-order chi connectivity index (χ0) is 24.6. The summed E-state index contributed by atoms with van der Waals surface area (Å²) in [5.74, 6) is -2.46. The lowest BCUT2D eigenvalue weighted by atomic mass is 9.83. The van der Waals surface area contributed by atoms with Gasteiger partial charge in [0, 0.05) is 22.3 Å². The molecule has 1 aromatic heterocycles. The molecule has 8 nitrogen and oxygen atoms in total. The summed E-state index contributed by atoms with van der Waals surface area (Å²) in [6.07, 6.45) is 0. The molecule has 4 rings (SSSR count). The molecule has 1 aliphatic carbocycles. The fourth-order valence-electron chi connectivity index (χ4n) is 3.63. The number of halogens is 1. The molecular formula is C24H15ClN2O6S. The van der Waals surface area contributed by atoms with Crippen LogP contribution in [0.1, 0.15) is 69.9 Å². The van der Waals surface area contributed by atoms with Crippen LogP contribution in [-0.4, -0.2) is 30.1 Å². The van der Waals surface area contributed by atoms with Crippen LogP contribution >= 0.6 is 22.9 Å². The minimum Gasteiger partial charge on any atom is -0.462 e. The number of nitrogens with zero attached hydrogens (tertiary/aromatic N) is 1. The van der Waals surface area contributed by atoms with Crippen molar-refractivity contribution in [2.45, 2.75) is 13.5 Å². The van der Waals surface area contributed by atoms with E-state index in [1.54, 1.807) is 25.1 Å². The Morgan fingerprint density at radius 1 is 1.03 bits per heavy atom. The van der Waals surface area contributed by atoms with Crippen LogP contribution in [-0.2, 0) is 16.1 Å². The highest BCUT2D eigenvalue weighted by Crippen LogP contribution is 2.35. The highest BCUT2D eigenvalue weighted by Gasteiger charge is 2.33. The number of hydrogen-bond donors (Lipinski definition) is 1. The van der Waals surface area contributed by atoms with E-state index in [1.165, 1.54) is 18.2 Å². The quantitative estimate of drug-likeness (QED) is 0.408. The number of anilines is 1. The normalized spacial score (nSPS) is 11.9. The number of carbonyl (C=O) groups excluding carboxylic acids is 4. The number of nitrogens with two attached hydrogens (primary N) is 1. The Morgan fingerprint density at radius 2 is 1.71 bits per heavy atom. The summed E-state index contributed by atoms with van der Waals surface area (Å²) >= 11 is 7.26. The Bertz CT molecular complexity index is 1440. The van der Waals surface area contributed by atoms with E-state index in [-0.39, 0.29) is 66.2 Å². The van der Waals surface area contributed by atoms with Gasteiger partial charge in [0.05, 0.1) is 28.3 Å². The fraction of sp³-hybridized carbons (Fsp3) is 0.125. The van der Waals surface area contributed by atoms with Crippen LogP contribution in [0, 0.1) is 11.3 Å². The van der Waals surface area contributed by atoms with Gasteiger partial charge in [0.2, 0.25) is 0 Å². The smallest absolute Gasteiger partial charge is 0.348 e. The minimum absolute atomic E-state index is 0.00905. The largest absolute Gasteiger partial charge is 0.462 e. The molecule has 3 aromatic rings. The summed E-state index contributed by atoms with van der Waals surface area (Å²) in [5, 5.41) is 9.28. The number of nitriles is 1. The third kappa shape index (κ3) is 3.73. The van der Waals surface area contributed by atoms with E-state index in [0.29, 0.717) is 0 Å². The first-order valence-corrected chi connectivity index (χ1v) is 11.2. The molecule has 0 saturated carbocycles. The van der Waals surface area contributed by atoms with Crippen LogP contribution in [0.2, 0.25) is 5.02 Å². The maximum Gasteiger partial charge on any atom is 0.348 e. The van der Waals surface area contributed by atoms with E-state index in [2.05, 4.69) is 0 Å². The van der Waals surface area contributed by atoms with Gasteiger partial charge in [-0.2, -0.15) is 5.26 Å². The highest BCUT2D eigenvalue weighted by molar-refractivity contribution is 7.18. The number of nitrogen functional groups attached to an aromatic ring is 1. The van der Waals surface area contributed by atoms with Gasteiger partial charge in [-0.15, -0.1) is 11.3 Å². The third-order valence-electron chi connectivity index (χ3n) is 5.20. The van der Waals surface area contributed by atoms with Crippen molar-refractivity contribution >= 4 is 51.4 Å². The third-order valence-corrected chi connectivity index (χ3v) is 6.64. The Kier molecular flexibility index (Phi) is 6.20. The standard InChI is InChI=1S/C24H15ClN2O6S/c1-2-32-24(31)21-16(15(9-26)22(27)34-21)10-33-23(30)14-8-7-13-17(18(14)25)20(29)12-6-4-3-5-11(12)19(13)28/h3-8H,2,10,27H2,1H3. The average Bonchev–Trinajstić information content (AvgIpc) is 3.16. The van der Waals surface area contributed by atoms with Crippen molar-refractivity contribution in [3.8, 4) is 6.07 Å². The van der Waals surface area contributed by atoms with Gasteiger partial charge >= 0.3 is 11.9 Å². The maximum absolute atomic E-state index is 13.0. The molecule has 0 unspecified atom stereocenters. The molecule has 2 aromatic carbocycles. The SMILES string of the molecule is CCOC(=O)c1sc(N)c(C#N)c1COC(=O)c1ccc2c(c1Cl)C(=O)c1ccccc1C2=O. The Balaban J connectivity index is 1.66. The van der Waals surface area contributed by atoms with Crippen molar-refractivity contribution < 1.29 is 28.7 Å². The predicted octanol–water partition coefficient (Wildman–Crippen LogP) is 4.16. The van der Waals surface area contributed by atoms with Crippen molar-refractivity contribution in [1.82, 2.24) is 0 Å². The van der Waals surface area contributed by atoms with Crippen molar-refractivity contribution in [3.05, 3.63) is 85.2 Å². The molecule has 0 bridgehead atoms. The van der Waals surface area contributed by atoms with Crippen LogP contribution in [0.3, 0.4) is 0 Å². The van der Waals surface area contributed by atoms with Crippen LogP contribution in [0.25, 0.3) is 0 Å². The lowest BCUT2D eigenvalue weighted by Gasteiger charge is -2.19. The molecule has 34 heavy (non-hydrogen) atoms. The molecule has 0 atom stereocenters. The van der Waals surface area contributed by atoms with Crippen molar-refractivity contribution in [2.24, 2.45) is 0 Å². The summed E-state index contributed by atoms with van der Waals surface area (Å²) in [6, 6.07) is 10.9. The number of ether oxygens (including phenoxy) is 2. The van der Waals surface area contributed by atoms with E-state index >= 15 is 0 Å². The molecule has 170 valence electrons. The molecule has 0 aliphatic heterocycles. The first-order valence-electron chi connectivity index (χ1n) is 9.96. The molecule has 2 N–H and O–H groups in total. The van der Waals surface area contributed by atoms with Gasteiger partial charge in [0.1, 0.15) is 22.6 Å². The fourth-order valence-corrected chi connectivity index (χ4v) is 4.87. The van der Waals surface area contributed by atoms with Gasteiger partial charge in [0.25, 0.3) is 0 Å². The molecule has 1 aliphatic rings. The van der Waals surface area contributed by atoms with E-state index in [1.807, 2.05) is 6.07 Å². The zero-order valence-electron chi connectivity index (χ0n) is 17.6. The predicted molar refractivity (Wildman–Crippen MR) is 123 cm³/mol. The molecule has 10 heteroatoms. The Labute approximate surface area is 202 Å². The van der Waals surface area contributed by atoms with E-state index in [4.69, 9.17) is 26.8 Å². The van der Waals surface area contributed by atoms with Crippen LogP contribution < -0.4 is 5.73 Å². The second kappa shape index (κ2) is 9.09. The number of fused-ring (bicyclic) bond motifs is 2. The summed E-state index contributed by atoms with van der Waals surface area (Å²) in [4.78, 5) is 51.0. The first-order chi connectivity index (χ1) is 16.3. The second-order valence-corrected chi connectivity index (χ2v) is 8.54. The summed E-state index contributed by atoms with van der Waals surface area (Å²) in [5.41, 5.74) is 6.28. The maximum atomic E-state index is 13.0. The number of ketones is 2. The Morgan fingerprint density at radius 3 is 2.35 bits per heavy atom. The van der Waals surface area contributed by atoms with Gasteiger partial charge in [-0.1, -0.05) is 35.9 Å². The molecular weight excluding hydrogens is 480 g/mol. The van der Waals surface area contributed by atoms with E-state index < -0.39 is 24.3 Å². The number of rotatable bonds is 5. The monoisotopic (exact) mass is 494 g/mol. The summed E-state index contributed by atoms with van der Waals surface area (Å²) in [6.45, 7) is 1.29. The van der Waals surface area contributed by atoms with E-state index in [9.17, 15) is 24.4 Å². The van der Waals surface area contributed by atoms with Crippen molar-refractivity contribution in [3.63, 3.8) is 0 Å². The number of benzene rings is 2. The first kappa shape index (κ1) is 23.2. The lowest BCUT2D eigenvalue weighted by Crippen LogP contribution is -2.22. The number of thiophene rings is 1. The van der Waals surface area contributed by atoms with Gasteiger partial charge < -0.3 is 15.2 Å². The number of carbonyl (C=O) groups is 4. The summed E-state index contributed by atoms with van der Waals surface area (Å²) in [7, 11) is 0. The number of esters is 2. The van der Waals surface area contributed by atoms with Crippen molar-refractivity contribution in [1.29, 1.82) is 5.26 Å². The van der Waals surface area contributed by atoms with Crippen LogP contribution in [0.15, 0.2) is 36.4 Å². The Hall–Kier alpha value is -4.00. The average molecular weight is 495 g/mol. The molecule has 0 amide bonds. The van der Waals surface area contributed by atoms with Gasteiger partial charge in [-0.05, 0) is 19.1 Å². The van der Waals surface area contributed by atoms with Gasteiger partial charge in [0.15, 0.2) is 11.6 Å². The molecule has 0 radical (unpaired) electrons. The molecule has 0 fully saturated rings. The van der Waals surface area contributed by atoms with Gasteiger partial charge in [-0.25, -0.2) is 9.59 Å².